The Balaban J connectivity index is 1.06. The van der Waals surface area contributed by atoms with Gasteiger partial charge in [0, 0.05) is 42.9 Å². The number of hydrogen-bond donors (Lipinski definition) is 0. The van der Waals surface area contributed by atoms with E-state index in [4.69, 9.17) is 4.42 Å². The third-order valence-corrected chi connectivity index (χ3v) is 7.09. The Hall–Kier alpha value is -2.49. The Morgan fingerprint density at radius 3 is 2.65 bits per heavy atom. The van der Waals surface area contributed by atoms with E-state index in [0.717, 1.165) is 56.3 Å². The lowest BCUT2D eigenvalue weighted by Gasteiger charge is -2.35. The molecular formula is C22H22FN5OS2. The maximum absolute atomic E-state index is 13.0. The van der Waals surface area contributed by atoms with Crippen molar-refractivity contribution in [1.29, 1.82) is 0 Å². The quantitative estimate of drug-likeness (QED) is 0.293. The van der Waals surface area contributed by atoms with Crippen molar-refractivity contribution in [2.75, 3.05) is 43.4 Å². The highest BCUT2D eigenvalue weighted by Gasteiger charge is 2.20. The van der Waals surface area contributed by atoms with Crippen molar-refractivity contribution < 1.29 is 8.81 Å². The summed E-state index contributed by atoms with van der Waals surface area (Å²) < 4.78 is 24.7. The van der Waals surface area contributed by atoms with Crippen molar-refractivity contribution in [3.8, 4) is 11.5 Å². The fourth-order valence-corrected chi connectivity index (χ4v) is 5.19. The molecule has 0 aliphatic carbocycles. The van der Waals surface area contributed by atoms with Crippen LogP contribution in [0.4, 0.5) is 10.2 Å². The molecule has 9 heteroatoms. The summed E-state index contributed by atoms with van der Waals surface area (Å²) in [6.07, 6.45) is 1.05. The highest BCUT2D eigenvalue weighted by atomic mass is 32.2. The van der Waals surface area contributed by atoms with Crippen LogP contribution >= 0.6 is 23.3 Å². The van der Waals surface area contributed by atoms with E-state index in [2.05, 4.69) is 48.6 Å². The van der Waals surface area contributed by atoms with Crippen molar-refractivity contribution in [1.82, 2.24) is 19.5 Å². The molecule has 2 aromatic heterocycles. The van der Waals surface area contributed by atoms with Crippen LogP contribution in [-0.2, 0) is 0 Å². The number of anilines is 1. The van der Waals surface area contributed by atoms with Crippen LogP contribution < -0.4 is 4.90 Å². The highest BCUT2D eigenvalue weighted by molar-refractivity contribution is 7.99. The summed E-state index contributed by atoms with van der Waals surface area (Å²) in [5.41, 5.74) is 0.728. The molecule has 1 aliphatic rings. The molecule has 160 valence electrons. The SMILES string of the molecule is Fc1ccc(-c2nnc(SCCCN3CCN(c4nsc5ccccc45)CC3)o2)cc1. The fourth-order valence-electron chi connectivity index (χ4n) is 3.71. The van der Waals surface area contributed by atoms with Crippen LogP contribution in [0.2, 0.25) is 0 Å². The van der Waals surface area contributed by atoms with E-state index in [-0.39, 0.29) is 5.82 Å². The summed E-state index contributed by atoms with van der Waals surface area (Å²) in [5.74, 6) is 2.19. The first-order valence-electron chi connectivity index (χ1n) is 10.3. The molecule has 0 atom stereocenters. The second-order valence-electron chi connectivity index (χ2n) is 7.41. The number of hydrogen-bond acceptors (Lipinski definition) is 8. The number of aromatic nitrogens is 3. The van der Waals surface area contributed by atoms with Crippen molar-refractivity contribution >= 4 is 39.2 Å². The molecule has 0 bridgehead atoms. The van der Waals surface area contributed by atoms with Gasteiger partial charge in [0.1, 0.15) is 11.6 Å². The van der Waals surface area contributed by atoms with E-state index < -0.39 is 0 Å². The molecule has 31 heavy (non-hydrogen) atoms. The van der Waals surface area contributed by atoms with E-state index in [9.17, 15) is 4.39 Å². The van der Waals surface area contributed by atoms with Crippen LogP contribution in [-0.4, -0.2) is 57.9 Å². The summed E-state index contributed by atoms with van der Waals surface area (Å²) in [7, 11) is 0. The van der Waals surface area contributed by atoms with Gasteiger partial charge in [-0.05, 0) is 60.9 Å². The van der Waals surface area contributed by atoms with Crippen molar-refractivity contribution in [2.45, 2.75) is 11.6 Å². The number of fused-ring (bicyclic) bond motifs is 1. The zero-order chi connectivity index (χ0) is 21.0. The van der Waals surface area contributed by atoms with Gasteiger partial charge in [-0.3, -0.25) is 4.90 Å². The first kappa shape index (κ1) is 20.4. The number of rotatable bonds is 7. The molecule has 0 N–H and O–H groups in total. The zero-order valence-electron chi connectivity index (χ0n) is 16.9. The molecule has 0 radical (unpaired) electrons. The summed E-state index contributed by atoms with van der Waals surface area (Å²) >= 11 is 3.15. The molecule has 0 spiro atoms. The van der Waals surface area contributed by atoms with Gasteiger partial charge in [-0.2, -0.15) is 4.37 Å². The van der Waals surface area contributed by atoms with Crippen LogP contribution in [0.1, 0.15) is 6.42 Å². The molecule has 5 rings (SSSR count). The lowest BCUT2D eigenvalue weighted by molar-refractivity contribution is 0.259. The Labute approximate surface area is 188 Å². The van der Waals surface area contributed by atoms with Gasteiger partial charge in [-0.15, -0.1) is 10.2 Å². The van der Waals surface area contributed by atoms with Crippen LogP contribution in [0.3, 0.4) is 0 Å². The second kappa shape index (κ2) is 9.33. The fraction of sp³-hybridized carbons (Fsp3) is 0.318. The zero-order valence-corrected chi connectivity index (χ0v) is 18.5. The summed E-state index contributed by atoms with van der Waals surface area (Å²) in [6, 6.07) is 14.5. The normalized spacial score (nSPS) is 15.1. The van der Waals surface area contributed by atoms with E-state index in [0.29, 0.717) is 11.1 Å². The van der Waals surface area contributed by atoms with Crippen LogP contribution in [0.25, 0.3) is 21.5 Å². The van der Waals surface area contributed by atoms with Gasteiger partial charge in [-0.25, -0.2) is 4.39 Å². The van der Waals surface area contributed by atoms with E-state index in [1.54, 1.807) is 35.4 Å². The van der Waals surface area contributed by atoms with Crippen LogP contribution in [0.5, 0.6) is 0 Å². The Morgan fingerprint density at radius 2 is 1.81 bits per heavy atom. The summed E-state index contributed by atoms with van der Waals surface area (Å²) in [6.45, 7) is 5.16. The molecule has 1 saturated heterocycles. The van der Waals surface area contributed by atoms with Crippen LogP contribution in [0, 0.1) is 5.82 Å². The van der Waals surface area contributed by atoms with Crippen molar-refractivity contribution in [3.63, 3.8) is 0 Å². The number of nitrogens with zero attached hydrogens (tertiary/aromatic N) is 5. The molecular weight excluding hydrogens is 433 g/mol. The summed E-state index contributed by atoms with van der Waals surface area (Å²) in [4.78, 5) is 4.91. The lowest BCUT2D eigenvalue weighted by atomic mass is 10.2. The van der Waals surface area contributed by atoms with Gasteiger partial charge < -0.3 is 9.32 Å². The highest BCUT2D eigenvalue weighted by Crippen LogP contribution is 2.30. The van der Waals surface area contributed by atoms with Gasteiger partial charge in [0.25, 0.3) is 5.22 Å². The predicted molar refractivity (Wildman–Crippen MR) is 123 cm³/mol. The van der Waals surface area contributed by atoms with Crippen molar-refractivity contribution in [3.05, 3.63) is 54.3 Å². The first-order chi connectivity index (χ1) is 15.3. The lowest BCUT2D eigenvalue weighted by Crippen LogP contribution is -2.46. The number of halogens is 1. The molecule has 0 saturated carbocycles. The second-order valence-corrected chi connectivity index (χ2v) is 9.26. The molecule has 0 unspecified atom stereocenters. The minimum Gasteiger partial charge on any atom is -0.411 e. The van der Waals surface area contributed by atoms with E-state index in [1.165, 1.54) is 22.2 Å². The van der Waals surface area contributed by atoms with E-state index in [1.807, 2.05) is 0 Å². The molecule has 1 aliphatic heterocycles. The average molecular weight is 456 g/mol. The van der Waals surface area contributed by atoms with E-state index >= 15 is 0 Å². The molecule has 2 aromatic carbocycles. The van der Waals surface area contributed by atoms with Crippen LogP contribution in [0.15, 0.2) is 58.2 Å². The van der Waals surface area contributed by atoms with Gasteiger partial charge >= 0.3 is 0 Å². The first-order valence-corrected chi connectivity index (χ1v) is 12.1. The maximum atomic E-state index is 13.0. The molecule has 6 nitrogen and oxygen atoms in total. The largest absolute Gasteiger partial charge is 0.411 e. The van der Waals surface area contributed by atoms with Gasteiger partial charge in [0.15, 0.2) is 0 Å². The van der Waals surface area contributed by atoms with Crippen molar-refractivity contribution in [2.24, 2.45) is 0 Å². The average Bonchev–Trinajstić information content (AvgIpc) is 3.45. The Kier molecular flexibility index (Phi) is 6.15. The minimum atomic E-state index is -0.279. The topological polar surface area (TPSA) is 58.3 Å². The smallest absolute Gasteiger partial charge is 0.276 e. The maximum Gasteiger partial charge on any atom is 0.276 e. The molecule has 0 amide bonds. The van der Waals surface area contributed by atoms with Gasteiger partial charge in [-0.1, -0.05) is 23.9 Å². The summed E-state index contributed by atoms with van der Waals surface area (Å²) in [5, 5.41) is 9.96. The number of thioether (sulfide) groups is 1. The predicted octanol–water partition coefficient (Wildman–Crippen LogP) is 4.79. The monoisotopic (exact) mass is 455 g/mol. The molecule has 4 aromatic rings. The minimum absolute atomic E-state index is 0.279. The molecule has 3 heterocycles. The standard InChI is InChI=1S/C22H22FN5OS2/c23-17-8-6-16(7-9-17)21-24-25-22(29-21)30-15-3-10-27-11-13-28(14-12-27)20-18-4-1-2-5-19(18)31-26-20/h1-2,4-9H,3,10-15H2. The number of piperazine rings is 1. The molecule has 1 fully saturated rings. The third-order valence-electron chi connectivity index (χ3n) is 5.37. The third kappa shape index (κ3) is 4.73. The Bertz CT molecular complexity index is 1140. The van der Waals surface area contributed by atoms with Gasteiger partial charge in [0.2, 0.25) is 5.89 Å². The number of benzene rings is 2. The Morgan fingerprint density at radius 1 is 1.00 bits per heavy atom. The van der Waals surface area contributed by atoms with Gasteiger partial charge in [0.05, 0.1) is 4.70 Å².